The van der Waals surface area contributed by atoms with Crippen LogP contribution in [-0.2, 0) is 39.7 Å². The first-order chi connectivity index (χ1) is 24.4. The smallest absolute Gasteiger partial charge is 0.295 e. The summed E-state index contributed by atoms with van der Waals surface area (Å²) in [6.07, 6.45) is 0. The second-order valence-electron chi connectivity index (χ2n) is 11.1. The van der Waals surface area contributed by atoms with Gasteiger partial charge in [0.15, 0.2) is 0 Å². The zero-order valence-corrected chi connectivity index (χ0v) is 29.0. The van der Waals surface area contributed by atoms with E-state index >= 15 is 0 Å². The Hall–Kier alpha value is -5.00. The first-order valence-corrected chi connectivity index (χ1v) is 19.4. The molecule has 16 nitrogen and oxygen atoms in total. The molecular weight excluding hydrogens is 765 g/mol. The summed E-state index contributed by atoms with van der Waals surface area (Å²) in [4.78, 5) is 24.7. The second kappa shape index (κ2) is 13.9. The third-order valence-corrected chi connectivity index (χ3v) is 10.8. The van der Waals surface area contributed by atoms with Gasteiger partial charge in [-0.2, -0.15) is 25.3 Å². The summed E-state index contributed by atoms with van der Waals surface area (Å²) in [5, 5.41) is 18.8. The van der Waals surface area contributed by atoms with Gasteiger partial charge in [0.2, 0.25) is 0 Å². The average molecular weight is 787 g/mol. The Kier molecular flexibility index (Phi) is 9.80. The predicted octanol–water partition coefficient (Wildman–Crippen LogP) is 5.82. The Bertz CT molecular complexity index is 2810. The number of hydrogen-bond donors (Lipinski definition) is 6. The first-order valence-electron chi connectivity index (χ1n) is 14.3. The van der Waals surface area contributed by atoms with Gasteiger partial charge >= 0.3 is 0 Å². The second-order valence-corrected chi connectivity index (χ2v) is 16.0. The molecule has 6 rings (SSSR count). The normalized spacial score (nSPS) is 12.3. The van der Waals surface area contributed by atoms with E-state index in [2.05, 4.69) is 20.0 Å². The summed E-state index contributed by atoms with van der Waals surface area (Å²) in [7, 11) is -14.4. The molecule has 6 N–H and O–H groups in total. The van der Waals surface area contributed by atoms with Crippen molar-refractivity contribution in [3.63, 3.8) is 0 Å². The molecule has 6 aromatic rings. The van der Waals surface area contributed by atoms with Gasteiger partial charge in [0.1, 0.15) is 9.79 Å². The maximum atomic E-state index is 13.3. The molecule has 2 amide bonds. The maximum absolute atomic E-state index is 13.3. The Balaban J connectivity index is 1.26. The minimum atomic E-state index is -4.89. The van der Waals surface area contributed by atoms with Crippen LogP contribution in [0.3, 0.4) is 0 Å². The van der Waals surface area contributed by atoms with Crippen molar-refractivity contribution in [2.75, 3.05) is 10.6 Å². The molecule has 0 bridgehead atoms. The van der Waals surface area contributed by atoms with Gasteiger partial charge in [-0.1, -0.05) is 29.3 Å². The van der Waals surface area contributed by atoms with Crippen LogP contribution in [0.5, 0.6) is 0 Å². The number of amides is 2. The predicted molar refractivity (Wildman–Crippen MR) is 188 cm³/mol. The van der Waals surface area contributed by atoms with Gasteiger partial charge in [0.05, 0.1) is 16.9 Å². The lowest BCUT2D eigenvalue weighted by molar-refractivity contribution is -0.432. The van der Waals surface area contributed by atoms with E-state index in [4.69, 9.17) is 5.26 Å². The highest BCUT2D eigenvalue weighted by atomic mass is 32.2. The van der Waals surface area contributed by atoms with Crippen LogP contribution in [0.4, 0.5) is 11.4 Å². The lowest BCUT2D eigenvalue weighted by Crippen LogP contribution is -2.13. The fraction of sp³-hybridized carbons (Fsp3) is 0. The molecule has 0 unspecified atom stereocenters. The van der Waals surface area contributed by atoms with Gasteiger partial charge in [0.25, 0.3) is 42.2 Å². The fourth-order valence-corrected chi connectivity index (χ4v) is 8.01. The number of hydrogen-bond acceptors (Lipinski definition) is 12. The Morgan fingerprint density at radius 1 is 0.538 bits per heavy atom. The highest BCUT2D eigenvalue weighted by Crippen LogP contribution is 2.33. The van der Waals surface area contributed by atoms with Crippen LogP contribution >= 0.6 is 12.0 Å². The number of benzene rings is 6. The number of rotatable bonds is 10. The van der Waals surface area contributed by atoms with Crippen LogP contribution in [0.15, 0.2) is 117 Å². The van der Waals surface area contributed by atoms with Crippen LogP contribution in [0.1, 0.15) is 20.7 Å². The Morgan fingerprint density at radius 2 is 1.04 bits per heavy atom. The molecule has 0 aliphatic carbocycles. The Morgan fingerprint density at radius 3 is 1.52 bits per heavy atom. The van der Waals surface area contributed by atoms with Gasteiger partial charge in [-0.3, -0.25) is 23.2 Å². The summed E-state index contributed by atoms with van der Waals surface area (Å²) in [5.41, 5.74) is 0.735. The van der Waals surface area contributed by atoms with Crippen molar-refractivity contribution in [3.8, 4) is 0 Å². The molecule has 0 spiro atoms. The molecular formula is C32H22N2O14S4. The third kappa shape index (κ3) is 7.90. The number of carbonyl (C=O) groups excluding carboxylic acids is 2. The molecule has 0 saturated carbocycles. The van der Waals surface area contributed by atoms with E-state index in [9.17, 15) is 48.5 Å². The van der Waals surface area contributed by atoms with Crippen molar-refractivity contribution in [1.82, 2.24) is 0 Å². The third-order valence-electron chi connectivity index (χ3n) is 7.67. The van der Waals surface area contributed by atoms with Gasteiger partial charge in [-0.05, 0) is 94.3 Å². The molecule has 0 atom stereocenters. The van der Waals surface area contributed by atoms with Gasteiger partial charge < -0.3 is 10.6 Å². The van der Waals surface area contributed by atoms with Gasteiger partial charge in [-0.15, -0.1) is 4.33 Å². The van der Waals surface area contributed by atoms with E-state index in [0.717, 1.165) is 12.1 Å². The lowest BCUT2D eigenvalue weighted by Gasteiger charge is -2.11. The molecule has 0 fully saturated rings. The molecule has 0 aromatic heterocycles. The molecule has 0 radical (unpaired) electrons. The summed E-state index contributed by atoms with van der Waals surface area (Å²) >= 11 is 0.469. The van der Waals surface area contributed by atoms with Crippen LogP contribution in [0.2, 0.25) is 0 Å². The number of anilines is 2. The van der Waals surface area contributed by atoms with Gasteiger partial charge in [0, 0.05) is 38.2 Å². The monoisotopic (exact) mass is 786 g/mol. The zero-order chi connectivity index (χ0) is 37.6. The van der Waals surface area contributed by atoms with Crippen molar-refractivity contribution < 1.29 is 63.1 Å². The molecule has 52 heavy (non-hydrogen) atoms. The summed E-state index contributed by atoms with van der Waals surface area (Å²) in [6, 6.07) is 21.7. The molecule has 0 aliphatic rings. The van der Waals surface area contributed by atoms with Gasteiger partial charge in [-0.25, -0.2) is 5.26 Å². The van der Waals surface area contributed by atoms with Crippen molar-refractivity contribution in [3.05, 3.63) is 108 Å². The van der Waals surface area contributed by atoms with E-state index in [0.29, 0.717) is 28.9 Å². The molecule has 268 valence electrons. The molecule has 0 saturated heterocycles. The summed E-state index contributed by atoms with van der Waals surface area (Å²) in [5.74, 6) is -1.18. The quantitative estimate of drug-likeness (QED) is 0.0414. The topological polar surface area (TPSA) is 260 Å². The number of carbonyl (C=O) groups is 2. The molecule has 0 heterocycles. The summed E-state index contributed by atoms with van der Waals surface area (Å²) < 4.78 is 104. The molecule has 0 aliphatic heterocycles. The number of nitrogens with one attached hydrogen (secondary N) is 2. The minimum absolute atomic E-state index is 0.0235. The average Bonchev–Trinajstić information content (AvgIpc) is 3.07. The number of fused-ring (bicyclic) bond motifs is 3. The molecule has 20 heteroatoms. The van der Waals surface area contributed by atoms with Crippen LogP contribution in [0, 0.1) is 0 Å². The van der Waals surface area contributed by atoms with Crippen LogP contribution in [-0.4, -0.2) is 56.0 Å². The minimum Gasteiger partial charge on any atom is -0.322 e. The van der Waals surface area contributed by atoms with Crippen molar-refractivity contribution in [2.45, 2.75) is 19.6 Å². The van der Waals surface area contributed by atoms with E-state index in [1.54, 1.807) is 18.2 Å². The van der Waals surface area contributed by atoms with E-state index < -0.39 is 56.9 Å². The highest BCUT2D eigenvalue weighted by molar-refractivity contribution is 7.94. The lowest BCUT2D eigenvalue weighted by atomic mass is 10.0. The Labute approximate surface area is 298 Å². The highest BCUT2D eigenvalue weighted by Gasteiger charge is 2.21. The van der Waals surface area contributed by atoms with Crippen molar-refractivity contribution in [1.29, 1.82) is 0 Å². The molecule has 6 aromatic carbocycles. The van der Waals surface area contributed by atoms with E-state index in [1.807, 2.05) is 0 Å². The summed E-state index contributed by atoms with van der Waals surface area (Å²) in [6.45, 7) is 0. The van der Waals surface area contributed by atoms with Crippen LogP contribution in [0.25, 0.3) is 32.3 Å². The SMILES string of the molecule is O=C(Nc1ccc2c(S(=O)(=O)O)cc(SOOO)cc2c1)c1ccc2ccc(C(=O)Nc3ccc4c(S(=O)(=O)O)cc(S(=O)(=O)O)cc4c3)cc2c1. The standard InChI is InChI=1S/C32H22N2O14S4/c35-31(33-23-5-7-27-21(11-23)13-25(49-48-47-37)15-29(27)51(41,42)43)18-3-1-17-2-4-19(10-20(17)9-18)32(36)34-24-6-8-28-22(12-24)14-26(50(38,39)40)16-30(28)52(44,45)46/h1-16,37H,(H,33,35)(H,34,36)(H,38,39,40)(H,41,42,43)(H,44,45,46). The van der Waals surface area contributed by atoms with Crippen molar-refractivity contribution >= 4 is 97.9 Å². The fourth-order valence-electron chi connectivity index (χ4n) is 5.39. The zero-order valence-electron chi connectivity index (χ0n) is 25.7. The van der Waals surface area contributed by atoms with E-state index in [-0.39, 0.29) is 48.9 Å². The first kappa shape index (κ1) is 36.8. The van der Waals surface area contributed by atoms with Crippen LogP contribution < -0.4 is 10.6 Å². The van der Waals surface area contributed by atoms with E-state index in [1.165, 1.54) is 60.7 Å². The largest absolute Gasteiger partial charge is 0.322 e. The van der Waals surface area contributed by atoms with Crippen molar-refractivity contribution in [2.24, 2.45) is 0 Å². The maximum Gasteiger partial charge on any atom is 0.295 e.